The smallest absolute Gasteiger partial charge is 0.222 e. The van der Waals surface area contributed by atoms with Gasteiger partial charge >= 0.3 is 0 Å². The molecule has 5 heteroatoms. The molecule has 1 heterocycles. The van der Waals surface area contributed by atoms with Gasteiger partial charge in [-0.3, -0.25) is 9.79 Å². The van der Waals surface area contributed by atoms with Gasteiger partial charge in [0.2, 0.25) is 5.91 Å². The largest absolute Gasteiger partial charge is 0.357 e. The Bertz CT molecular complexity index is 443. The molecule has 2 aliphatic rings. The third-order valence-corrected chi connectivity index (χ3v) is 6.12. The highest BCUT2D eigenvalue weighted by Gasteiger charge is 2.31. The number of likely N-dealkylation sites (tertiary alicyclic amines) is 1. The Morgan fingerprint density at radius 3 is 2.52 bits per heavy atom. The fourth-order valence-corrected chi connectivity index (χ4v) is 4.33. The van der Waals surface area contributed by atoms with E-state index < -0.39 is 0 Å². The Labute approximate surface area is 154 Å². The lowest BCUT2D eigenvalue weighted by atomic mass is 9.84. The quantitative estimate of drug-likeness (QED) is 0.495. The van der Waals surface area contributed by atoms with Gasteiger partial charge in [-0.1, -0.05) is 26.7 Å². The van der Waals surface area contributed by atoms with E-state index in [-0.39, 0.29) is 0 Å². The minimum absolute atomic E-state index is 0.332. The number of hydrogen-bond acceptors (Lipinski definition) is 2. The van der Waals surface area contributed by atoms with Crippen LogP contribution in [0.25, 0.3) is 0 Å². The van der Waals surface area contributed by atoms with Crippen molar-refractivity contribution >= 4 is 11.9 Å². The summed E-state index contributed by atoms with van der Waals surface area (Å²) >= 11 is 0. The molecule has 144 valence electrons. The first-order chi connectivity index (χ1) is 12.1. The minimum atomic E-state index is 0.332. The van der Waals surface area contributed by atoms with Crippen LogP contribution in [0.4, 0.5) is 0 Å². The van der Waals surface area contributed by atoms with E-state index in [0.29, 0.717) is 17.4 Å². The molecule has 0 aromatic carbocycles. The second kappa shape index (κ2) is 10.0. The van der Waals surface area contributed by atoms with Gasteiger partial charge in [0.05, 0.1) is 0 Å². The van der Waals surface area contributed by atoms with Crippen molar-refractivity contribution < 1.29 is 4.79 Å². The number of aliphatic imine (C=N–C) groups is 1. The van der Waals surface area contributed by atoms with E-state index >= 15 is 0 Å². The second-order valence-electron chi connectivity index (χ2n) is 7.72. The molecule has 0 aromatic heterocycles. The molecule has 1 aliphatic heterocycles. The van der Waals surface area contributed by atoms with Gasteiger partial charge < -0.3 is 15.5 Å². The zero-order chi connectivity index (χ0) is 18.1. The van der Waals surface area contributed by atoms with Crippen LogP contribution in [0.5, 0.6) is 0 Å². The van der Waals surface area contributed by atoms with E-state index in [0.717, 1.165) is 57.8 Å². The summed E-state index contributed by atoms with van der Waals surface area (Å²) < 4.78 is 0. The summed E-state index contributed by atoms with van der Waals surface area (Å²) in [7, 11) is 0. The van der Waals surface area contributed by atoms with Gasteiger partial charge in [-0.15, -0.1) is 0 Å². The van der Waals surface area contributed by atoms with Crippen LogP contribution in [-0.2, 0) is 4.79 Å². The van der Waals surface area contributed by atoms with Crippen LogP contribution in [0.3, 0.4) is 0 Å². The number of carbonyl (C=O) groups excluding carboxylic acids is 1. The maximum atomic E-state index is 12.0. The lowest BCUT2D eigenvalue weighted by molar-refractivity contribution is -0.129. The molecule has 0 bridgehead atoms. The first-order valence-corrected chi connectivity index (χ1v) is 10.5. The standard InChI is InChI=1S/C20H38N4O/c1-4-17(24-15-9-10-18(24)25)11-14-22-19(21-6-3)23-16-20(5-2)12-7-8-13-20/h17H,4-16H2,1-3H3,(H2,21,22,23). The van der Waals surface area contributed by atoms with E-state index in [4.69, 9.17) is 4.99 Å². The van der Waals surface area contributed by atoms with E-state index in [2.05, 4.69) is 36.3 Å². The van der Waals surface area contributed by atoms with E-state index in [1.807, 2.05) is 0 Å². The zero-order valence-corrected chi connectivity index (χ0v) is 16.6. The highest BCUT2D eigenvalue weighted by molar-refractivity contribution is 5.80. The van der Waals surface area contributed by atoms with Crippen LogP contribution in [0, 0.1) is 5.41 Å². The van der Waals surface area contributed by atoms with Gasteiger partial charge in [0.15, 0.2) is 5.96 Å². The van der Waals surface area contributed by atoms with Crippen molar-refractivity contribution in [1.29, 1.82) is 0 Å². The summed E-state index contributed by atoms with van der Waals surface area (Å²) in [4.78, 5) is 18.9. The first kappa shape index (κ1) is 20.1. The molecule has 1 saturated carbocycles. The van der Waals surface area contributed by atoms with E-state index in [9.17, 15) is 4.79 Å². The van der Waals surface area contributed by atoms with Gasteiger partial charge in [0.1, 0.15) is 0 Å². The van der Waals surface area contributed by atoms with Crippen LogP contribution in [-0.4, -0.2) is 49.0 Å². The molecule has 0 radical (unpaired) electrons. The molecule has 25 heavy (non-hydrogen) atoms. The molecule has 1 amide bonds. The fraction of sp³-hybridized carbons (Fsp3) is 0.900. The van der Waals surface area contributed by atoms with Crippen LogP contribution in [0.2, 0.25) is 0 Å². The molecule has 1 saturated heterocycles. The maximum Gasteiger partial charge on any atom is 0.222 e. The van der Waals surface area contributed by atoms with Crippen molar-refractivity contribution in [1.82, 2.24) is 15.5 Å². The minimum Gasteiger partial charge on any atom is -0.357 e. The summed E-state index contributed by atoms with van der Waals surface area (Å²) in [5.41, 5.74) is 0.427. The summed E-state index contributed by atoms with van der Waals surface area (Å²) in [6.45, 7) is 10.2. The van der Waals surface area contributed by atoms with Crippen molar-refractivity contribution in [3.05, 3.63) is 0 Å². The predicted molar refractivity (Wildman–Crippen MR) is 105 cm³/mol. The molecular weight excluding hydrogens is 312 g/mol. The number of rotatable bonds is 9. The molecule has 2 rings (SSSR count). The van der Waals surface area contributed by atoms with Crippen molar-refractivity contribution in [2.24, 2.45) is 10.4 Å². The molecular formula is C20H38N4O. The van der Waals surface area contributed by atoms with Crippen molar-refractivity contribution in [3.63, 3.8) is 0 Å². The van der Waals surface area contributed by atoms with Crippen molar-refractivity contribution in [2.75, 3.05) is 26.2 Å². The van der Waals surface area contributed by atoms with Crippen LogP contribution >= 0.6 is 0 Å². The molecule has 2 N–H and O–H groups in total. The van der Waals surface area contributed by atoms with Gasteiger partial charge in [-0.05, 0) is 50.9 Å². The molecule has 0 spiro atoms. The lowest BCUT2D eigenvalue weighted by Crippen LogP contribution is -2.42. The number of amides is 1. The van der Waals surface area contributed by atoms with Crippen LogP contribution in [0.15, 0.2) is 4.99 Å². The lowest BCUT2D eigenvalue weighted by Gasteiger charge is -2.28. The Kier molecular flexibility index (Phi) is 8.04. The summed E-state index contributed by atoms with van der Waals surface area (Å²) in [6, 6.07) is 0.363. The Morgan fingerprint density at radius 2 is 1.96 bits per heavy atom. The number of guanidine groups is 1. The molecule has 5 nitrogen and oxygen atoms in total. The van der Waals surface area contributed by atoms with Crippen LogP contribution in [0.1, 0.15) is 78.6 Å². The average molecular weight is 351 g/mol. The molecule has 0 aromatic rings. The monoisotopic (exact) mass is 350 g/mol. The number of carbonyl (C=O) groups is 1. The van der Waals surface area contributed by atoms with Crippen LogP contribution < -0.4 is 10.6 Å². The second-order valence-corrected chi connectivity index (χ2v) is 7.72. The van der Waals surface area contributed by atoms with E-state index in [1.54, 1.807) is 0 Å². The molecule has 1 unspecified atom stereocenters. The first-order valence-electron chi connectivity index (χ1n) is 10.5. The third kappa shape index (κ3) is 5.61. The predicted octanol–water partition coefficient (Wildman–Crippen LogP) is 3.30. The Hall–Kier alpha value is -1.26. The highest BCUT2D eigenvalue weighted by Crippen LogP contribution is 2.41. The Balaban J connectivity index is 1.83. The number of nitrogens with zero attached hydrogens (tertiary/aromatic N) is 2. The van der Waals surface area contributed by atoms with Crippen molar-refractivity contribution in [3.8, 4) is 0 Å². The van der Waals surface area contributed by atoms with Gasteiger partial charge in [-0.2, -0.15) is 0 Å². The van der Waals surface area contributed by atoms with E-state index in [1.165, 1.54) is 32.1 Å². The highest BCUT2D eigenvalue weighted by atomic mass is 16.2. The fourth-order valence-electron chi connectivity index (χ4n) is 4.33. The maximum absolute atomic E-state index is 12.0. The zero-order valence-electron chi connectivity index (χ0n) is 16.6. The molecule has 1 aliphatic carbocycles. The summed E-state index contributed by atoms with van der Waals surface area (Å²) in [5, 5.41) is 6.87. The summed E-state index contributed by atoms with van der Waals surface area (Å²) in [5.74, 6) is 1.27. The molecule has 2 fully saturated rings. The number of hydrogen-bond donors (Lipinski definition) is 2. The summed E-state index contributed by atoms with van der Waals surface area (Å²) in [6.07, 6.45) is 10.4. The average Bonchev–Trinajstić information content (AvgIpc) is 3.26. The van der Waals surface area contributed by atoms with Gasteiger partial charge in [-0.25, -0.2) is 0 Å². The normalized spacial score (nSPS) is 21.6. The topological polar surface area (TPSA) is 56.7 Å². The number of nitrogens with one attached hydrogen (secondary N) is 2. The third-order valence-electron chi connectivity index (χ3n) is 6.12. The Morgan fingerprint density at radius 1 is 1.20 bits per heavy atom. The van der Waals surface area contributed by atoms with Crippen molar-refractivity contribution in [2.45, 2.75) is 84.6 Å². The van der Waals surface area contributed by atoms with Gasteiger partial charge in [0, 0.05) is 38.6 Å². The molecule has 1 atom stereocenters. The SMILES string of the molecule is CCNC(=NCC1(CC)CCCC1)NCCC(CC)N1CCCC1=O. The van der Waals surface area contributed by atoms with Gasteiger partial charge in [0.25, 0.3) is 0 Å².